The smallest absolute Gasteiger partial charge is 0.229 e. The maximum atomic E-state index is 12.0. The fourth-order valence-corrected chi connectivity index (χ4v) is 5.96. The van der Waals surface area contributed by atoms with Crippen LogP contribution in [0.25, 0.3) is 0 Å². The number of aliphatic hydroxyl groups excluding tert-OH is 1. The minimum Gasteiger partial charge on any atom is -0.391 e. The fourth-order valence-electron chi connectivity index (χ4n) is 5.96. The van der Waals surface area contributed by atoms with Gasteiger partial charge in [-0.05, 0) is 68.1 Å². The lowest BCUT2D eigenvalue weighted by Gasteiger charge is -2.58. The number of imide groups is 1. The fraction of sp³-hybridized carbons (Fsp3) is 0.882. The van der Waals surface area contributed by atoms with Crippen molar-refractivity contribution in [3.63, 3.8) is 0 Å². The van der Waals surface area contributed by atoms with E-state index in [4.69, 9.17) is 0 Å². The highest BCUT2D eigenvalue weighted by Gasteiger charge is 2.54. The van der Waals surface area contributed by atoms with Gasteiger partial charge in [-0.3, -0.25) is 14.5 Å². The summed E-state index contributed by atoms with van der Waals surface area (Å²) in [6, 6.07) is 0. The van der Waals surface area contributed by atoms with Gasteiger partial charge in [-0.1, -0.05) is 0 Å². The summed E-state index contributed by atoms with van der Waals surface area (Å²) in [6.45, 7) is 0.240. The summed E-state index contributed by atoms with van der Waals surface area (Å²) >= 11 is 0. The van der Waals surface area contributed by atoms with Crippen molar-refractivity contribution >= 4 is 11.8 Å². The second-order valence-corrected chi connectivity index (χ2v) is 8.05. The molecule has 0 aromatic rings. The van der Waals surface area contributed by atoms with Crippen LogP contribution in [0.15, 0.2) is 0 Å². The standard InChI is InChI=1S/C17H25NO3/c19-14(10-18-15(20)2-1-3-16(18)21)17-7-11-4-12(8-17)6-13(5-11)9-17/h11-14,19H,1-10H2. The zero-order valence-electron chi connectivity index (χ0n) is 12.6. The molecule has 5 rings (SSSR count). The molecule has 1 saturated heterocycles. The molecular formula is C17H25NO3. The van der Waals surface area contributed by atoms with E-state index in [-0.39, 0.29) is 23.8 Å². The Hall–Kier alpha value is -0.900. The molecule has 4 heteroatoms. The first-order valence-corrected chi connectivity index (χ1v) is 8.57. The summed E-state index contributed by atoms with van der Waals surface area (Å²) in [6.07, 6.45) is 8.41. The summed E-state index contributed by atoms with van der Waals surface area (Å²) in [7, 11) is 0. The maximum absolute atomic E-state index is 12.0. The molecule has 4 aliphatic carbocycles. The summed E-state index contributed by atoms with van der Waals surface area (Å²) < 4.78 is 0. The minimum absolute atomic E-state index is 0.00719. The lowest BCUT2D eigenvalue weighted by Crippen LogP contribution is -2.56. The van der Waals surface area contributed by atoms with Crippen molar-refractivity contribution < 1.29 is 14.7 Å². The molecule has 0 aromatic heterocycles. The summed E-state index contributed by atoms with van der Waals surface area (Å²) in [4.78, 5) is 25.3. The molecule has 4 saturated carbocycles. The number of likely N-dealkylation sites (tertiary alicyclic amines) is 1. The van der Waals surface area contributed by atoms with Crippen LogP contribution in [-0.2, 0) is 9.59 Å². The average Bonchev–Trinajstić information content (AvgIpc) is 2.41. The number of amides is 2. The zero-order chi connectivity index (χ0) is 14.6. The van der Waals surface area contributed by atoms with Gasteiger partial charge in [0.25, 0.3) is 0 Å². The molecule has 2 amide bonds. The van der Waals surface area contributed by atoms with Crippen molar-refractivity contribution in [3.05, 3.63) is 0 Å². The molecule has 4 bridgehead atoms. The van der Waals surface area contributed by atoms with Gasteiger partial charge in [0.15, 0.2) is 0 Å². The zero-order valence-corrected chi connectivity index (χ0v) is 12.6. The third-order valence-corrected chi connectivity index (χ3v) is 6.53. The SMILES string of the molecule is O=C1CCCC(=O)N1CC(O)C12CC3CC(CC(C3)C1)C2. The molecule has 0 radical (unpaired) electrons. The van der Waals surface area contributed by atoms with Gasteiger partial charge in [0.2, 0.25) is 11.8 Å². The number of β-amino-alcohol motifs (C(OH)–C–C–N with tert-alkyl or cyclic N) is 1. The van der Waals surface area contributed by atoms with Crippen molar-refractivity contribution in [2.75, 3.05) is 6.54 Å². The van der Waals surface area contributed by atoms with Crippen molar-refractivity contribution in [3.8, 4) is 0 Å². The number of carbonyl (C=O) groups is 2. The molecule has 1 N–H and O–H groups in total. The van der Waals surface area contributed by atoms with Gasteiger partial charge in [-0.2, -0.15) is 0 Å². The minimum atomic E-state index is -0.517. The van der Waals surface area contributed by atoms with Gasteiger partial charge in [0, 0.05) is 12.8 Å². The normalized spacial score (nSPS) is 43.5. The van der Waals surface area contributed by atoms with Crippen LogP contribution < -0.4 is 0 Å². The first kappa shape index (κ1) is 13.7. The maximum Gasteiger partial charge on any atom is 0.229 e. The van der Waals surface area contributed by atoms with Crippen LogP contribution in [0.5, 0.6) is 0 Å². The second kappa shape index (κ2) is 4.80. The number of rotatable bonds is 3. The molecule has 21 heavy (non-hydrogen) atoms. The Morgan fingerprint density at radius 3 is 1.95 bits per heavy atom. The Bertz CT molecular complexity index is 421. The first-order valence-electron chi connectivity index (χ1n) is 8.57. The topological polar surface area (TPSA) is 57.6 Å². The van der Waals surface area contributed by atoms with Crippen LogP contribution in [0.2, 0.25) is 0 Å². The van der Waals surface area contributed by atoms with E-state index in [2.05, 4.69) is 0 Å². The van der Waals surface area contributed by atoms with Crippen LogP contribution in [0, 0.1) is 23.2 Å². The quantitative estimate of drug-likeness (QED) is 0.810. The van der Waals surface area contributed by atoms with Crippen LogP contribution >= 0.6 is 0 Å². The predicted molar refractivity (Wildman–Crippen MR) is 77.2 cm³/mol. The van der Waals surface area contributed by atoms with Gasteiger partial charge in [0.05, 0.1) is 12.6 Å². The molecule has 1 aliphatic heterocycles. The third-order valence-electron chi connectivity index (χ3n) is 6.53. The van der Waals surface area contributed by atoms with Crippen LogP contribution in [0.3, 0.4) is 0 Å². The molecular weight excluding hydrogens is 266 g/mol. The highest BCUT2D eigenvalue weighted by molar-refractivity contribution is 5.97. The van der Waals surface area contributed by atoms with E-state index in [9.17, 15) is 14.7 Å². The Labute approximate surface area is 125 Å². The molecule has 0 spiro atoms. The van der Waals surface area contributed by atoms with E-state index >= 15 is 0 Å². The average molecular weight is 291 g/mol. The highest BCUT2D eigenvalue weighted by Crippen LogP contribution is 2.61. The highest BCUT2D eigenvalue weighted by atomic mass is 16.3. The Morgan fingerprint density at radius 2 is 1.48 bits per heavy atom. The number of hydrogen-bond donors (Lipinski definition) is 1. The van der Waals surface area contributed by atoms with E-state index in [1.54, 1.807) is 0 Å². The van der Waals surface area contributed by atoms with Gasteiger partial charge in [0.1, 0.15) is 0 Å². The van der Waals surface area contributed by atoms with Crippen LogP contribution in [-0.4, -0.2) is 34.5 Å². The molecule has 1 atom stereocenters. The largest absolute Gasteiger partial charge is 0.391 e. The van der Waals surface area contributed by atoms with E-state index in [0.29, 0.717) is 19.3 Å². The van der Waals surface area contributed by atoms with Crippen molar-refractivity contribution in [2.24, 2.45) is 23.2 Å². The van der Waals surface area contributed by atoms with E-state index < -0.39 is 6.10 Å². The lowest BCUT2D eigenvalue weighted by atomic mass is 9.48. The van der Waals surface area contributed by atoms with Gasteiger partial charge >= 0.3 is 0 Å². The summed E-state index contributed by atoms with van der Waals surface area (Å²) in [5.74, 6) is 2.15. The molecule has 1 unspecified atom stereocenters. The third kappa shape index (κ3) is 2.23. The number of hydrogen-bond acceptors (Lipinski definition) is 3. The monoisotopic (exact) mass is 291 g/mol. The molecule has 116 valence electrons. The number of nitrogens with zero attached hydrogens (tertiary/aromatic N) is 1. The van der Waals surface area contributed by atoms with Gasteiger partial charge in [-0.15, -0.1) is 0 Å². The Morgan fingerprint density at radius 1 is 1.00 bits per heavy atom. The Balaban J connectivity index is 1.50. The molecule has 0 aromatic carbocycles. The van der Waals surface area contributed by atoms with Crippen molar-refractivity contribution in [1.82, 2.24) is 4.90 Å². The molecule has 4 nitrogen and oxygen atoms in total. The van der Waals surface area contributed by atoms with Crippen LogP contribution in [0.1, 0.15) is 57.8 Å². The number of aliphatic hydroxyl groups is 1. The van der Waals surface area contributed by atoms with E-state index in [1.807, 2.05) is 0 Å². The summed E-state index contributed by atoms with van der Waals surface area (Å²) in [5, 5.41) is 10.9. The Kier molecular flexibility index (Phi) is 3.14. The van der Waals surface area contributed by atoms with E-state index in [1.165, 1.54) is 24.2 Å². The second-order valence-electron chi connectivity index (χ2n) is 8.05. The number of piperidine rings is 1. The van der Waals surface area contributed by atoms with Gasteiger partial charge < -0.3 is 5.11 Å². The molecule has 5 fully saturated rings. The van der Waals surface area contributed by atoms with Crippen LogP contribution in [0.4, 0.5) is 0 Å². The summed E-state index contributed by atoms with van der Waals surface area (Å²) in [5.41, 5.74) is -0.00719. The van der Waals surface area contributed by atoms with Crippen molar-refractivity contribution in [2.45, 2.75) is 63.9 Å². The van der Waals surface area contributed by atoms with Crippen molar-refractivity contribution in [1.29, 1.82) is 0 Å². The number of carbonyl (C=O) groups excluding carboxylic acids is 2. The lowest BCUT2D eigenvalue weighted by molar-refractivity contribution is -0.157. The predicted octanol–water partition coefficient (Wildman–Crippen LogP) is 2.10. The first-order chi connectivity index (χ1) is 10.1. The van der Waals surface area contributed by atoms with Gasteiger partial charge in [-0.25, -0.2) is 0 Å². The molecule has 5 aliphatic rings. The van der Waals surface area contributed by atoms with E-state index in [0.717, 1.165) is 37.0 Å². The molecule has 1 heterocycles.